The lowest BCUT2D eigenvalue weighted by atomic mass is 9.95. The van der Waals surface area contributed by atoms with E-state index in [1.165, 1.54) is 12.1 Å². The van der Waals surface area contributed by atoms with E-state index in [-0.39, 0.29) is 23.5 Å². The minimum Gasteiger partial charge on any atom is -0.480 e. The molecule has 0 radical (unpaired) electrons. The summed E-state index contributed by atoms with van der Waals surface area (Å²) in [6, 6.07) is 21.4. The number of halogens is 1. The fraction of sp³-hybridized carbons (Fsp3) is 0.286. The highest BCUT2D eigenvalue weighted by Gasteiger charge is 2.30. The van der Waals surface area contributed by atoms with Crippen LogP contribution in [0, 0.1) is 5.82 Å². The molecule has 1 aliphatic rings. The van der Waals surface area contributed by atoms with Crippen LogP contribution in [-0.2, 0) is 22.7 Å². The third-order valence-corrected chi connectivity index (χ3v) is 6.13. The lowest BCUT2D eigenvalue weighted by Gasteiger charge is -2.23. The molecule has 4 rings (SSSR count). The smallest absolute Gasteiger partial charge is 0.264 e. The van der Waals surface area contributed by atoms with Crippen molar-refractivity contribution in [2.24, 2.45) is 0 Å². The summed E-state index contributed by atoms with van der Waals surface area (Å²) in [5.74, 6) is -0.114. The predicted molar refractivity (Wildman–Crippen MR) is 130 cm³/mol. The van der Waals surface area contributed by atoms with E-state index in [0.717, 1.165) is 16.7 Å². The molecule has 0 spiro atoms. The quantitative estimate of drug-likeness (QED) is 0.495. The Kier molecular flexibility index (Phi) is 7.26. The van der Waals surface area contributed by atoms with E-state index in [4.69, 9.17) is 4.74 Å². The second-order valence-corrected chi connectivity index (χ2v) is 8.52. The van der Waals surface area contributed by atoms with E-state index in [9.17, 15) is 14.0 Å². The van der Waals surface area contributed by atoms with E-state index < -0.39 is 6.10 Å². The van der Waals surface area contributed by atoms with Gasteiger partial charge in [-0.25, -0.2) is 4.39 Å². The number of amides is 2. The maximum Gasteiger partial charge on any atom is 0.264 e. The zero-order valence-electron chi connectivity index (χ0n) is 19.5. The summed E-state index contributed by atoms with van der Waals surface area (Å²) in [6.07, 6.45) is 0.623. The second kappa shape index (κ2) is 10.5. The summed E-state index contributed by atoms with van der Waals surface area (Å²) < 4.78 is 19.4. The Morgan fingerprint density at radius 3 is 2.50 bits per heavy atom. The first-order valence-electron chi connectivity index (χ1n) is 11.7. The maximum absolute atomic E-state index is 13.3. The average molecular weight is 461 g/mol. The molecule has 0 saturated heterocycles. The molecule has 1 N–H and O–H groups in total. The number of nitrogens with one attached hydrogen (secondary N) is 1. The summed E-state index contributed by atoms with van der Waals surface area (Å²) in [5, 5.41) is 3.03. The van der Waals surface area contributed by atoms with Gasteiger partial charge in [-0.3, -0.25) is 9.59 Å². The zero-order chi connectivity index (χ0) is 24.1. The first-order valence-corrected chi connectivity index (χ1v) is 11.7. The summed E-state index contributed by atoms with van der Waals surface area (Å²) in [6.45, 7) is 4.58. The molecule has 0 unspecified atom stereocenters. The Morgan fingerprint density at radius 1 is 1.09 bits per heavy atom. The second-order valence-electron chi connectivity index (χ2n) is 8.52. The standard InChI is InChI=1S/C28H29FN2O3/c1-3-24(20-8-6-5-7-9-20)27(32)30-23-14-15-26-21(16-23)18-31(28(33)25(4-2)34-26)17-19-10-12-22(29)13-11-19/h5-16,24-25H,3-4,17-18H2,1-2H3,(H,30,32)/t24-,25-/m0/s1. The Hall–Kier alpha value is -3.67. The first-order chi connectivity index (χ1) is 16.5. The van der Waals surface area contributed by atoms with Gasteiger partial charge in [0, 0.05) is 24.3 Å². The van der Waals surface area contributed by atoms with Crippen molar-refractivity contribution in [2.45, 2.75) is 51.8 Å². The van der Waals surface area contributed by atoms with E-state index in [1.807, 2.05) is 56.3 Å². The number of nitrogens with zero attached hydrogens (tertiary/aromatic N) is 1. The van der Waals surface area contributed by atoms with Gasteiger partial charge in [0.05, 0.1) is 5.92 Å². The Balaban J connectivity index is 1.56. The van der Waals surface area contributed by atoms with Gasteiger partial charge >= 0.3 is 0 Å². The van der Waals surface area contributed by atoms with Crippen molar-refractivity contribution in [3.63, 3.8) is 0 Å². The summed E-state index contributed by atoms with van der Waals surface area (Å²) in [7, 11) is 0. The molecule has 2 amide bonds. The monoisotopic (exact) mass is 460 g/mol. The fourth-order valence-corrected chi connectivity index (χ4v) is 4.28. The molecule has 1 aliphatic heterocycles. The van der Waals surface area contributed by atoms with Crippen LogP contribution in [0.25, 0.3) is 0 Å². The topological polar surface area (TPSA) is 58.6 Å². The van der Waals surface area contributed by atoms with Crippen molar-refractivity contribution in [1.82, 2.24) is 4.90 Å². The molecule has 3 aromatic carbocycles. The first kappa shape index (κ1) is 23.5. The average Bonchev–Trinajstić information content (AvgIpc) is 2.97. The number of rotatable bonds is 7. The normalized spacial score (nSPS) is 16.3. The summed E-state index contributed by atoms with van der Waals surface area (Å²) in [5.41, 5.74) is 3.29. The summed E-state index contributed by atoms with van der Waals surface area (Å²) in [4.78, 5) is 27.9. The lowest BCUT2D eigenvalue weighted by molar-refractivity contribution is -0.139. The van der Waals surface area contributed by atoms with Crippen molar-refractivity contribution in [3.05, 3.63) is 95.3 Å². The van der Waals surface area contributed by atoms with Gasteiger partial charge in [-0.15, -0.1) is 0 Å². The van der Waals surface area contributed by atoms with Crippen LogP contribution in [0.1, 0.15) is 49.3 Å². The molecule has 0 aliphatic carbocycles. The lowest BCUT2D eigenvalue weighted by Crippen LogP contribution is -2.38. The highest BCUT2D eigenvalue weighted by atomic mass is 19.1. The molecule has 2 atom stereocenters. The highest BCUT2D eigenvalue weighted by molar-refractivity contribution is 5.96. The van der Waals surface area contributed by atoms with Crippen molar-refractivity contribution in [2.75, 3.05) is 5.32 Å². The van der Waals surface area contributed by atoms with Crippen molar-refractivity contribution >= 4 is 17.5 Å². The van der Waals surface area contributed by atoms with Gasteiger partial charge in [0.1, 0.15) is 11.6 Å². The number of benzene rings is 3. The van der Waals surface area contributed by atoms with Crippen LogP contribution in [-0.4, -0.2) is 22.8 Å². The van der Waals surface area contributed by atoms with Crippen LogP contribution in [0.15, 0.2) is 72.8 Å². The number of carbonyl (C=O) groups is 2. The van der Waals surface area contributed by atoms with Crippen molar-refractivity contribution < 1.29 is 18.7 Å². The third kappa shape index (κ3) is 5.28. The Labute approximate surface area is 199 Å². The zero-order valence-corrected chi connectivity index (χ0v) is 19.5. The minimum atomic E-state index is -0.593. The fourth-order valence-electron chi connectivity index (χ4n) is 4.28. The molecular formula is C28H29FN2O3. The maximum atomic E-state index is 13.3. The third-order valence-electron chi connectivity index (χ3n) is 6.13. The van der Waals surface area contributed by atoms with Crippen molar-refractivity contribution in [1.29, 1.82) is 0 Å². The summed E-state index contributed by atoms with van der Waals surface area (Å²) >= 11 is 0. The molecule has 5 nitrogen and oxygen atoms in total. The largest absolute Gasteiger partial charge is 0.480 e. The van der Waals surface area contributed by atoms with Crippen LogP contribution < -0.4 is 10.1 Å². The predicted octanol–water partition coefficient (Wildman–Crippen LogP) is 5.66. The van der Waals surface area contributed by atoms with Gasteiger partial charge in [0.25, 0.3) is 5.91 Å². The van der Waals surface area contributed by atoms with Crippen LogP contribution in [0.4, 0.5) is 10.1 Å². The number of hydrogen-bond acceptors (Lipinski definition) is 3. The molecule has 0 aromatic heterocycles. The molecule has 1 heterocycles. The molecule has 0 bridgehead atoms. The SMILES string of the molecule is CC[C@@H]1Oc2ccc(NC(=O)[C@@H](CC)c3ccccc3)cc2CN(Cc2ccc(F)cc2)C1=O. The molecule has 0 saturated carbocycles. The van der Waals surface area contributed by atoms with Crippen LogP contribution >= 0.6 is 0 Å². The van der Waals surface area contributed by atoms with E-state index >= 15 is 0 Å². The number of carbonyl (C=O) groups excluding carboxylic acids is 2. The van der Waals surface area contributed by atoms with Gasteiger partial charge in [-0.2, -0.15) is 0 Å². The van der Waals surface area contributed by atoms with E-state index in [2.05, 4.69) is 5.32 Å². The Morgan fingerprint density at radius 2 is 1.82 bits per heavy atom. The molecule has 3 aromatic rings. The number of ether oxygens (including phenoxy) is 1. The van der Waals surface area contributed by atoms with Gasteiger partial charge in [-0.1, -0.05) is 56.3 Å². The van der Waals surface area contributed by atoms with Gasteiger partial charge in [-0.05, 0) is 54.3 Å². The molecule has 6 heteroatoms. The number of fused-ring (bicyclic) bond motifs is 1. The van der Waals surface area contributed by atoms with Crippen molar-refractivity contribution in [3.8, 4) is 5.75 Å². The molecule has 176 valence electrons. The van der Waals surface area contributed by atoms with Crippen LogP contribution in [0.2, 0.25) is 0 Å². The minimum absolute atomic E-state index is 0.0751. The molecular weight excluding hydrogens is 431 g/mol. The molecule has 34 heavy (non-hydrogen) atoms. The number of anilines is 1. The van der Waals surface area contributed by atoms with Gasteiger partial charge in [0.2, 0.25) is 5.91 Å². The number of hydrogen-bond donors (Lipinski definition) is 1. The van der Waals surface area contributed by atoms with Crippen LogP contribution in [0.3, 0.4) is 0 Å². The molecule has 0 fully saturated rings. The van der Waals surface area contributed by atoms with Gasteiger partial charge < -0.3 is 15.0 Å². The van der Waals surface area contributed by atoms with E-state index in [1.54, 1.807) is 23.1 Å². The Bertz CT molecular complexity index is 1150. The van der Waals surface area contributed by atoms with Gasteiger partial charge in [0.15, 0.2) is 6.10 Å². The van der Waals surface area contributed by atoms with E-state index in [0.29, 0.717) is 37.4 Å². The van der Waals surface area contributed by atoms with Crippen LogP contribution in [0.5, 0.6) is 5.75 Å². The highest BCUT2D eigenvalue weighted by Crippen LogP contribution is 2.31.